The molecule has 0 aliphatic carbocycles. The maximum absolute atomic E-state index is 9.77. The lowest BCUT2D eigenvalue weighted by Gasteiger charge is -2.29. The summed E-state index contributed by atoms with van der Waals surface area (Å²) in [5.41, 5.74) is 3.89. The highest BCUT2D eigenvalue weighted by Crippen LogP contribution is 2.42. The van der Waals surface area contributed by atoms with Gasteiger partial charge in [0.1, 0.15) is 17.5 Å². The lowest BCUT2D eigenvalue weighted by molar-refractivity contribution is 0.242. The van der Waals surface area contributed by atoms with E-state index >= 15 is 0 Å². The Morgan fingerprint density at radius 2 is 1.68 bits per heavy atom. The summed E-state index contributed by atoms with van der Waals surface area (Å²) in [4.78, 5) is 6.77. The fourth-order valence-corrected chi connectivity index (χ4v) is 4.72. The van der Waals surface area contributed by atoms with Gasteiger partial charge in [0.05, 0.1) is 17.8 Å². The molecule has 172 valence electrons. The first-order chi connectivity index (χ1) is 16.5. The van der Waals surface area contributed by atoms with Gasteiger partial charge >= 0.3 is 0 Å². The van der Waals surface area contributed by atoms with Crippen LogP contribution >= 0.6 is 12.2 Å². The van der Waals surface area contributed by atoms with Crippen molar-refractivity contribution in [2.24, 2.45) is 0 Å². The summed E-state index contributed by atoms with van der Waals surface area (Å²) < 4.78 is 7.96. The first-order valence-corrected chi connectivity index (χ1v) is 11.7. The van der Waals surface area contributed by atoms with Crippen molar-refractivity contribution in [1.82, 2.24) is 14.9 Å². The van der Waals surface area contributed by atoms with Crippen LogP contribution in [0.1, 0.15) is 37.3 Å². The van der Waals surface area contributed by atoms with Gasteiger partial charge in [-0.25, -0.2) is 0 Å². The molecule has 0 radical (unpaired) electrons. The van der Waals surface area contributed by atoms with Gasteiger partial charge in [0.25, 0.3) is 0 Å². The van der Waals surface area contributed by atoms with Crippen LogP contribution in [0.25, 0.3) is 5.69 Å². The van der Waals surface area contributed by atoms with Crippen LogP contribution in [0, 0.1) is 0 Å². The normalized spacial score (nSPS) is 17.7. The molecule has 1 saturated heterocycles. The van der Waals surface area contributed by atoms with Crippen LogP contribution in [0.15, 0.2) is 91.3 Å². The largest absolute Gasteiger partial charge is 0.508 e. The maximum atomic E-state index is 9.77. The van der Waals surface area contributed by atoms with Crippen molar-refractivity contribution in [1.29, 1.82) is 0 Å². The number of benzene rings is 2. The molecule has 3 heterocycles. The monoisotopic (exact) mass is 470 g/mol. The van der Waals surface area contributed by atoms with E-state index < -0.39 is 0 Å². The summed E-state index contributed by atoms with van der Waals surface area (Å²) in [6.07, 6.45) is 3.93. The molecule has 1 aliphatic heterocycles. The molecule has 0 saturated carbocycles. The number of hydrogen-bond acceptors (Lipinski definition) is 4. The summed E-state index contributed by atoms with van der Waals surface area (Å²) in [5.74, 6) is 1.06. The number of aromatic nitrogens is 2. The Morgan fingerprint density at radius 1 is 0.941 bits per heavy atom. The quantitative estimate of drug-likeness (QED) is 0.361. The van der Waals surface area contributed by atoms with E-state index in [1.165, 1.54) is 0 Å². The van der Waals surface area contributed by atoms with E-state index in [4.69, 9.17) is 17.0 Å². The number of anilines is 1. The molecule has 1 fully saturated rings. The zero-order valence-electron chi connectivity index (χ0n) is 19.0. The van der Waals surface area contributed by atoms with Gasteiger partial charge in [-0.3, -0.25) is 4.98 Å². The minimum absolute atomic E-state index is 0.107. The highest BCUT2D eigenvalue weighted by molar-refractivity contribution is 7.80. The molecule has 1 aliphatic rings. The number of phenolic OH excluding ortho intramolecular Hbond substituents is 1. The van der Waals surface area contributed by atoms with Gasteiger partial charge in [-0.05, 0) is 98.9 Å². The van der Waals surface area contributed by atoms with Crippen LogP contribution in [0.3, 0.4) is 0 Å². The predicted octanol–water partition coefficient (Wildman–Crippen LogP) is 5.54. The Morgan fingerprint density at radius 3 is 2.35 bits per heavy atom. The first-order valence-electron chi connectivity index (χ1n) is 11.3. The molecule has 6 nitrogen and oxygen atoms in total. The molecule has 2 aromatic carbocycles. The predicted molar refractivity (Wildman–Crippen MR) is 138 cm³/mol. The van der Waals surface area contributed by atoms with Crippen LogP contribution in [0.5, 0.6) is 11.5 Å². The van der Waals surface area contributed by atoms with Crippen LogP contribution < -0.4 is 15.0 Å². The van der Waals surface area contributed by atoms with Crippen LogP contribution in [-0.2, 0) is 0 Å². The number of thiocarbonyl (C=S) groups is 1. The molecule has 0 unspecified atom stereocenters. The number of phenols is 1. The zero-order chi connectivity index (χ0) is 23.7. The van der Waals surface area contributed by atoms with Gasteiger partial charge in [-0.2, -0.15) is 0 Å². The van der Waals surface area contributed by atoms with Gasteiger partial charge < -0.3 is 24.6 Å². The van der Waals surface area contributed by atoms with E-state index in [1.807, 2.05) is 80.7 Å². The summed E-state index contributed by atoms with van der Waals surface area (Å²) in [6, 6.07) is 25.0. The zero-order valence-corrected chi connectivity index (χ0v) is 19.8. The Labute approximate surface area is 204 Å². The number of rotatable bonds is 6. The van der Waals surface area contributed by atoms with Crippen LogP contribution in [-0.4, -0.2) is 25.9 Å². The Balaban J connectivity index is 1.60. The third-order valence-corrected chi connectivity index (χ3v) is 6.11. The summed E-state index contributed by atoms with van der Waals surface area (Å²) in [7, 11) is 0. The minimum atomic E-state index is -0.150. The SMILES string of the molecule is CC(C)Oc1ccc(N2C(=S)N[C@@H](c3ccccn3)[C@@H]2c2cccn2-c2ccc(O)cc2)cc1. The van der Waals surface area contributed by atoms with Crippen LogP contribution in [0.4, 0.5) is 5.69 Å². The molecular formula is C27H26N4O2S. The van der Waals surface area contributed by atoms with Crippen molar-refractivity contribution in [3.8, 4) is 17.2 Å². The summed E-state index contributed by atoms with van der Waals surface area (Å²) in [6.45, 7) is 4.02. The third-order valence-electron chi connectivity index (χ3n) is 5.80. The number of nitrogens with one attached hydrogen (secondary N) is 1. The van der Waals surface area contributed by atoms with Crippen molar-refractivity contribution >= 4 is 23.0 Å². The molecule has 0 amide bonds. The Kier molecular flexibility index (Phi) is 5.94. The molecule has 0 spiro atoms. The second-order valence-electron chi connectivity index (χ2n) is 8.48. The second kappa shape index (κ2) is 9.19. The van der Waals surface area contributed by atoms with Gasteiger partial charge in [0.15, 0.2) is 5.11 Å². The molecule has 7 heteroatoms. The second-order valence-corrected chi connectivity index (χ2v) is 8.86. The maximum Gasteiger partial charge on any atom is 0.174 e. The first kappa shape index (κ1) is 22.0. The van der Waals surface area contributed by atoms with Gasteiger partial charge in [0.2, 0.25) is 0 Å². The molecular weight excluding hydrogens is 444 g/mol. The summed E-state index contributed by atoms with van der Waals surface area (Å²) in [5, 5.41) is 13.9. The average Bonchev–Trinajstić information content (AvgIpc) is 3.45. The van der Waals surface area contributed by atoms with E-state index in [2.05, 4.69) is 25.8 Å². The third kappa shape index (κ3) is 4.22. The minimum Gasteiger partial charge on any atom is -0.508 e. The fraction of sp³-hybridized carbons (Fsp3) is 0.185. The molecule has 5 rings (SSSR count). The smallest absolute Gasteiger partial charge is 0.174 e. The number of pyridine rings is 1. The highest BCUT2D eigenvalue weighted by Gasteiger charge is 2.42. The molecule has 2 aromatic heterocycles. The molecule has 2 atom stereocenters. The average molecular weight is 471 g/mol. The topological polar surface area (TPSA) is 62.5 Å². The van der Waals surface area contributed by atoms with Gasteiger partial charge in [0, 0.05) is 29.5 Å². The van der Waals surface area contributed by atoms with E-state index in [1.54, 1.807) is 18.3 Å². The van der Waals surface area contributed by atoms with E-state index in [0.29, 0.717) is 5.11 Å². The van der Waals surface area contributed by atoms with Crippen molar-refractivity contribution < 1.29 is 9.84 Å². The van der Waals surface area contributed by atoms with Gasteiger partial charge in [-0.15, -0.1) is 0 Å². The van der Waals surface area contributed by atoms with E-state index in [-0.39, 0.29) is 23.9 Å². The molecule has 2 N–H and O–H groups in total. The van der Waals surface area contributed by atoms with Crippen molar-refractivity contribution in [3.05, 3.63) is 103 Å². The van der Waals surface area contributed by atoms with Crippen molar-refractivity contribution in [3.63, 3.8) is 0 Å². The fourth-order valence-electron chi connectivity index (χ4n) is 4.37. The molecule has 0 bridgehead atoms. The standard InChI is InChI=1S/C27H26N4O2S/c1-18(2)33-22-14-10-20(11-15-22)31-26(25(29-27(31)34)23-6-3-4-16-28-23)24-7-5-17-30(24)19-8-12-21(32)13-9-19/h3-18,25-26,32H,1-2H3,(H,29,34)/t25-,26-/m0/s1. The van der Waals surface area contributed by atoms with Gasteiger partial charge in [-0.1, -0.05) is 6.07 Å². The number of nitrogens with zero attached hydrogens (tertiary/aromatic N) is 3. The summed E-state index contributed by atoms with van der Waals surface area (Å²) >= 11 is 5.84. The van der Waals surface area contributed by atoms with Crippen molar-refractivity contribution in [2.75, 3.05) is 4.90 Å². The Hall–Kier alpha value is -3.84. The lowest BCUT2D eigenvalue weighted by Crippen LogP contribution is -2.30. The van der Waals surface area contributed by atoms with Crippen molar-refractivity contribution in [2.45, 2.75) is 32.0 Å². The number of aromatic hydroxyl groups is 1. The highest BCUT2D eigenvalue weighted by atomic mass is 32.1. The van der Waals surface area contributed by atoms with E-state index in [0.717, 1.165) is 28.5 Å². The number of hydrogen-bond donors (Lipinski definition) is 2. The Bertz CT molecular complexity index is 1270. The lowest BCUT2D eigenvalue weighted by atomic mass is 10.0. The molecule has 34 heavy (non-hydrogen) atoms. The number of ether oxygens (including phenoxy) is 1. The van der Waals surface area contributed by atoms with E-state index in [9.17, 15) is 5.11 Å². The van der Waals surface area contributed by atoms with Crippen LogP contribution in [0.2, 0.25) is 0 Å². The molecule has 4 aromatic rings.